The highest BCUT2D eigenvalue weighted by molar-refractivity contribution is 9.10. The van der Waals surface area contributed by atoms with Crippen LogP contribution in [0.3, 0.4) is 0 Å². The number of carbonyl (C=O) groups is 2. The molecule has 1 aromatic carbocycles. The third kappa shape index (κ3) is 3.02. The summed E-state index contributed by atoms with van der Waals surface area (Å²) in [6.07, 6.45) is 0. The van der Waals surface area contributed by atoms with Gasteiger partial charge in [0, 0.05) is 9.35 Å². The molecular formula is C13H10BrNO3S. The maximum Gasteiger partial charge on any atom is 0.338 e. The number of rotatable bonds is 3. The molecule has 0 spiro atoms. The topological polar surface area (TPSA) is 66.4 Å². The van der Waals surface area contributed by atoms with Crippen LogP contribution in [-0.4, -0.2) is 17.0 Å². The van der Waals surface area contributed by atoms with Crippen molar-refractivity contribution in [3.63, 3.8) is 0 Å². The Morgan fingerprint density at radius 1 is 1.26 bits per heavy atom. The molecule has 0 saturated heterocycles. The Morgan fingerprint density at radius 2 is 1.95 bits per heavy atom. The summed E-state index contributed by atoms with van der Waals surface area (Å²) in [5.74, 6) is -1.39. The number of anilines is 1. The Balaban J connectivity index is 2.29. The number of carbonyl (C=O) groups excluding carboxylic acids is 1. The van der Waals surface area contributed by atoms with Crippen molar-refractivity contribution in [3.8, 4) is 0 Å². The average Bonchev–Trinajstić information content (AvgIpc) is 2.70. The van der Waals surface area contributed by atoms with Crippen molar-refractivity contribution in [1.29, 1.82) is 0 Å². The van der Waals surface area contributed by atoms with E-state index in [-0.39, 0.29) is 11.5 Å². The van der Waals surface area contributed by atoms with Crippen LogP contribution in [-0.2, 0) is 0 Å². The number of hydrogen-bond acceptors (Lipinski definition) is 3. The summed E-state index contributed by atoms with van der Waals surface area (Å²) in [5.41, 5.74) is 0.577. The SMILES string of the molecule is Cc1cc(C(=O)O)c(NC(=O)c2ccccc2Br)s1. The van der Waals surface area contributed by atoms with E-state index < -0.39 is 5.97 Å². The van der Waals surface area contributed by atoms with Crippen LogP contribution in [0.15, 0.2) is 34.8 Å². The smallest absolute Gasteiger partial charge is 0.338 e. The lowest BCUT2D eigenvalue weighted by atomic mass is 10.2. The van der Waals surface area contributed by atoms with E-state index >= 15 is 0 Å². The number of amides is 1. The highest BCUT2D eigenvalue weighted by atomic mass is 79.9. The van der Waals surface area contributed by atoms with Gasteiger partial charge in [-0.05, 0) is 41.1 Å². The van der Waals surface area contributed by atoms with Gasteiger partial charge in [0.25, 0.3) is 5.91 Å². The first-order chi connectivity index (χ1) is 8.99. The molecule has 1 aromatic heterocycles. The molecule has 2 aromatic rings. The largest absolute Gasteiger partial charge is 0.478 e. The molecule has 1 amide bonds. The van der Waals surface area contributed by atoms with Gasteiger partial charge in [-0.25, -0.2) is 4.79 Å². The number of nitrogens with one attached hydrogen (secondary N) is 1. The van der Waals surface area contributed by atoms with E-state index in [0.29, 0.717) is 15.0 Å². The van der Waals surface area contributed by atoms with Crippen LogP contribution >= 0.6 is 27.3 Å². The van der Waals surface area contributed by atoms with Gasteiger partial charge in [0.05, 0.1) is 11.1 Å². The number of aryl methyl sites for hydroxylation is 1. The first-order valence-electron chi connectivity index (χ1n) is 5.38. The third-order valence-electron chi connectivity index (χ3n) is 2.43. The van der Waals surface area contributed by atoms with E-state index in [2.05, 4.69) is 21.2 Å². The number of aromatic carboxylic acids is 1. The van der Waals surface area contributed by atoms with Gasteiger partial charge < -0.3 is 10.4 Å². The first kappa shape index (κ1) is 13.8. The number of carboxylic acid groups (broad SMARTS) is 1. The van der Waals surface area contributed by atoms with Crippen molar-refractivity contribution < 1.29 is 14.7 Å². The molecule has 98 valence electrons. The molecule has 4 nitrogen and oxygen atoms in total. The molecule has 0 fully saturated rings. The van der Waals surface area contributed by atoms with Crippen LogP contribution in [0.25, 0.3) is 0 Å². The molecule has 0 aliphatic heterocycles. The third-order valence-corrected chi connectivity index (χ3v) is 4.09. The molecule has 2 N–H and O–H groups in total. The summed E-state index contributed by atoms with van der Waals surface area (Å²) in [4.78, 5) is 24.0. The Labute approximate surface area is 122 Å². The van der Waals surface area contributed by atoms with Gasteiger partial charge in [0.1, 0.15) is 5.00 Å². The summed E-state index contributed by atoms with van der Waals surface area (Å²) < 4.78 is 0.664. The molecule has 1 heterocycles. The second-order valence-corrected chi connectivity index (χ2v) is 5.95. The van der Waals surface area contributed by atoms with E-state index in [0.717, 1.165) is 4.88 Å². The lowest BCUT2D eigenvalue weighted by molar-refractivity contribution is 0.0698. The second-order valence-electron chi connectivity index (χ2n) is 3.84. The van der Waals surface area contributed by atoms with Crippen molar-refractivity contribution in [2.24, 2.45) is 0 Å². The fourth-order valence-corrected chi connectivity index (χ4v) is 2.95. The molecule has 0 bridgehead atoms. The van der Waals surface area contributed by atoms with E-state index in [9.17, 15) is 9.59 Å². The molecule has 0 aliphatic rings. The van der Waals surface area contributed by atoms with Crippen molar-refractivity contribution in [2.75, 3.05) is 5.32 Å². The van der Waals surface area contributed by atoms with Crippen LogP contribution in [0.5, 0.6) is 0 Å². The highest BCUT2D eigenvalue weighted by Gasteiger charge is 2.17. The minimum absolute atomic E-state index is 0.114. The van der Waals surface area contributed by atoms with Crippen molar-refractivity contribution in [3.05, 3.63) is 50.8 Å². The number of hydrogen-bond donors (Lipinski definition) is 2. The molecule has 0 radical (unpaired) electrons. The standard InChI is InChI=1S/C13H10BrNO3S/c1-7-6-9(13(17)18)12(19-7)15-11(16)8-4-2-3-5-10(8)14/h2-6H,1H3,(H,15,16)(H,17,18). The number of benzene rings is 1. The second kappa shape index (κ2) is 5.54. The van der Waals surface area contributed by atoms with E-state index in [1.165, 1.54) is 11.3 Å². The van der Waals surface area contributed by atoms with E-state index in [4.69, 9.17) is 5.11 Å². The normalized spacial score (nSPS) is 10.2. The summed E-state index contributed by atoms with van der Waals surface area (Å²) in [7, 11) is 0. The molecule has 6 heteroatoms. The predicted octanol–water partition coefficient (Wildman–Crippen LogP) is 3.77. The zero-order valence-electron chi connectivity index (χ0n) is 9.94. The molecule has 2 rings (SSSR count). The zero-order chi connectivity index (χ0) is 14.0. The molecule has 0 saturated carbocycles. The predicted molar refractivity (Wildman–Crippen MR) is 78.1 cm³/mol. The average molecular weight is 340 g/mol. The number of thiophene rings is 1. The fraction of sp³-hybridized carbons (Fsp3) is 0.0769. The van der Waals surface area contributed by atoms with Gasteiger partial charge in [0.2, 0.25) is 0 Å². The quantitative estimate of drug-likeness (QED) is 0.894. The molecule has 0 atom stereocenters. The van der Waals surface area contributed by atoms with Crippen molar-refractivity contribution in [2.45, 2.75) is 6.92 Å². The minimum atomic E-state index is -1.05. The summed E-state index contributed by atoms with van der Waals surface area (Å²) >= 11 is 4.53. The Kier molecular flexibility index (Phi) is 4.01. The lowest BCUT2D eigenvalue weighted by Crippen LogP contribution is -2.13. The molecular weight excluding hydrogens is 330 g/mol. The first-order valence-corrected chi connectivity index (χ1v) is 6.99. The Hall–Kier alpha value is -1.66. The van der Waals surface area contributed by atoms with E-state index in [1.807, 2.05) is 0 Å². The van der Waals surface area contributed by atoms with Gasteiger partial charge in [-0.15, -0.1) is 11.3 Å². The van der Waals surface area contributed by atoms with Crippen LogP contribution in [0.4, 0.5) is 5.00 Å². The maximum absolute atomic E-state index is 12.1. The van der Waals surface area contributed by atoms with Gasteiger partial charge in [0.15, 0.2) is 0 Å². The maximum atomic E-state index is 12.1. The van der Waals surface area contributed by atoms with Crippen LogP contribution in [0.2, 0.25) is 0 Å². The van der Waals surface area contributed by atoms with Gasteiger partial charge >= 0.3 is 5.97 Å². The van der Waals surface area contributed by atoms with Gasteiger partial charge in [-0.3, -0.25) is 4.79 Å². The molecule has 0 aliphatic carbocycles. The minimum Gasteiger partial charge on any atom is -0.478 e. The Morgan fingerprint density at radius 3 is 2.58 bits per heavy atom. The van der Waals surface area contributed by atoms with E-state index in [1.54, 1.807) is 37.3 Å². The van der Waals surface area contributed by atoms with Crippen LogP contribution in [0.1, 0.15) is 25.6 Å². The fourth-order valence-electron chi connectivity index (χ4n) is 1.58. The lowest BCUT2D eigenvalue weighted by Gasteiger charge is -2.05. The molecule has 19 heavy (non-hydrogen) atoms. The van der Waals surface area contributed by atoms with Crippen LogP contribution in [0, 0.1) is 6.92 Å². The monoisotopic (exact) mass is 339 g/mol. The Bertz CT molecular complexity index is 651. The van der Waals surface area contributed by atoms with Crippen molar-refractivity contribution >= 4 is 44.1 Å². The van der Waals surface area contributed by atoms with Gasteiger partial charge in [-0.1, -0.05) is 12.1 Å². The summed E-state index contributed by atoms with van der Waals surface area (Å²) in [6.45, 7) is 1.80. The highest BCUT2D eigenvalue weighted by Crippen LogP contribution is 2.28. The summed E-state index contributed by atoms with van der Waals surface area (Å²) in [6, 6.07) is 8.52. The summed E-state index contributed by atoms with van der Waals surface area (Å²) in [5, 5.41) is 12.1. The van der Waals surface area contributed by atoms with Crippen LogP contribution < -0.4 is 5.32 Å². The zero-order valence-corrected chi connectivity index (χ0v) is 12.3. The van der Waals surface area contributed by atoms with Crippen molar-refractivity contribution in [1.82, 2.24) is 0 Å². The number of carboxylic acids is 1. The van der Waals surface area contributed by atoms with Gasteiger partial charge in [-0.2, -0.15) is 0 Å². The molecule has 0 unspecified atom stereocenters. The number of halogens is 1.